The molecular formula is C45H86B3N7O9Si3. The smallest absolute Gasteiger partial charge is 0.376 e. The van der Waals surface area contributed by atoms with Crippen LogP contribution in [0.4, 0.5) is 11.4 Å². The molecule has 16 nitrogen and oxygen atoms in total. The van der Waals surface area contributed by atoms with Gasteiger partial charge in [0.1, 0.15) is 12.0 Å². The van der Waals surface area contributed by atoms with E-state index in [9.17, 15) is 30.0 Å². The van der Waals surface area contributed by atoms with Crippen LogP contribution in [0.15, 0.2) is 24.5 Å². The van der Waals surface area contributed by atoms with E-state index >= 15 is 0 Å². The molecule has 5 heterocycles. The third-order valence-electron chi connectivity index (χ3n) is 15.1. The number of ketones is 1. The van der Waals surface area contributed by atoms with Gasteiger partial charge in [0.05, 0.1) is 34.1 Å². The summed E-state index contributed by atoms with van der Waals surface area (Å²) in [4.78, 5) is 37.4. The van der Waals surface area contributed by atoms with Gasteiger partial charge in [-0.2, -0.15) is 0 Å². The number of rotatable bonds is 13. The standard InChI is InChI=1S/C16H28BN3O4Si.C16H30BN3O2Si.C13H28BNO3Si/c1-16(2,3)25(5,6)24-11-13-10-19(17(4)21)9-12-7-14(20(22)23)8-18-15(12)13;1-16(2,3)23(5,6)22-11-13-10-20(17(4)21)9-12-7-14(18)8-19-15(12)13;1-13(2,3)19(5,6)18-10-11-9-15(14(4)17)8-7-12(11)16/h7-8,13,21H,9-11H2,1-6H3;7-8,13,21H,9-11,18H2,1-6H3;11,17H,7-10H2,1-6H3. The van der Waals surface area contributed by atoms with E-state index in [1.54, 1.807) is 32.7 Å². The molecule has 22 heteroatoms. The molecule has 0 aromatic carbocycles. The van der Waals surface area contributed by atoms with Crippen molar-refractivity contribution in [2.75, 3.05) is 51.7 Å². The lowest BCUT2D eigenvalue weighted by Crippen LogP contribution is -2.50. The number of carbonyl (C=O) groups excluding carboxylic acids is 1. The monoisotopic (exact) mass is 986 g/mol. The maximum atomic E-state index is 12.0. The summed E-state index contributed by atoms with van der Waals surface area (Å²) in [6.07, 6.45) is 3.56. The number of anilines is 1. The van der Waals surface area contributed by atoms with E-state index in [-0.39, 0.29) is 44.3 Å². The molecule has 3 aliphatic heterocycles. The molecule has 3 unspecified atom stereocenters. The van der Waals surface area contributed by atoms with Crippen LogP contribution in [0, 0.1) is 16.0 Å². The van der Waals surface area contributed by atoms with Crippen molar-refractivity contribution in [3.63, 3.8) is 0 Å². The summed E-state index contributed by atoms with van der Waals surface area (Å²) in [6, 6.07) is 3.53. The third kappa shape index (κ3) is 16.3. The van der Waals surface area contributed by atoms with Gasteiger partial charge in [-0.15, -0.1) is 0 Å². The van der Waals surface area contributed by atoms with Gasteiger partial charge in [-0.3, -0.25) is 24.9 Å². The number of fused-ring (bicyclic) bond motifs is 2. The molecule has 1 saturated heterocycles. The summed E-state index contributed by atoms with van der Waals surface area (Å²) >= 11 is 0. The largest absolute Gasteiger partial charge is 0.437 e. The van der Waals surface area contributed by atoms with Gasteiger partial charge in [0.25, 0.3) is 5.69 Å². The summed E-state index contributed by atoms with van der Waals surface area (Å²) in [5.74, 6) is 0.351. The number of hydrogen-bond acceptors (Lipinski definition) is 15. The van der Waals surface area contributed by atoms with Crippen LogP contribution in [0.25, 0.3) is 0 Å². The number of nitrogens with zero attached hydrogens (tertiary/aromatic N) is 6. The second-order valence-electron chi connectivity index (χ2n) is 23.6. The molecular weight excluding hydrogens is 899 g/mol. The van der Waals surface area contributed by atoms with Crippen LogP contribution in [0.5, 0.6) is 0 Å². The lowest BCUT2D eigenvalue weighted by Gasteiger charge is -2.39. The number of nitrogen functional groups attached to an aromatic ring is 1. The van der Waals surface area contributed by atoms with Crippen molar-refractivity contribution in [3.05, 3.63) is 57.2 Å². The van der Waals surface area contributed by atoms with E-state index < -0.39 is 51.0 Å². The zero-order chi connectivity index (χ0) is 51.2. The van der Waals surface area contributed by atoms with Crippen molar-refractivity contribution in [1.29, 1.82) is 0 Å². The summed E-state index contributed by atoms with van der Waals surface area (Å²) in [5, 5.41) is 41.1. The van der Waals surface area contributed by atoms with Gasteiger partial charge in [-0.05, 0) is 98.6 Å². The molecule has 67 heavy (non-hydrogen) atoms. The highest BCUT2D eigenvalue weighted by Crippen LogP contribution is 2.40. The molecule has 3 aliphatic rings. The minimum atomic E-state index is -1.91. The maximum absolute atomic E-state index is 12.0. The minimum absolute atomic E-state index is 0.00622. The second kappa shape index (κ2) is 23.3. The van der Waals surface area contributed by atoms with E-state index in [1.165, 1.54) is 6.20 Å². The van der Waals surface area contributed by atoms with Gasteiger partial charge in [-0.25, -0.2) is 0 Å². The Hall–Kier alpha value is -2.34. The first-order valence-corrected chi connectivity index (χ1v) is 32.8. The SMILES string of the molecule is CB(O)N1CCC(=O)C(CO[Si](C)(C)C(C)(C)C)C1.CB(O)N1Cc2cc(N)cnc2C(CO[Si](C)(C)C(C)(C)C)C1.CB(O)N1Cc2cc([N+](=O)[O-])cnc2C(CO[Si](C)(C)C(C)(C)C)C1. The quantitative estimate of drug-likeness (QED) is 0.0860. The van der Waals surface area contributed by atoms with Crippen molar-refractivity contribution in [3.8, 4) is 0 Å². The first kappa shape index (κ1) is 59.0. The second-order valence-corrected chi connectivity index (χ2v) is 38.0. The van der Waals surface area contributed by atoms with E-state index in [1.807, 2.05) is 20.5 Å². The van der Waals surface area contributed by atoms with Gasteiger partial charge in [-0.1, -0.05) is 62.3 Å². The molecule has 2 aromatic rings. The highest BCUT2D eigenvalue weighted by Gasteiger charge is 2.42. The molecule has 0 amide bonds. The molecule has 376 valence electrons. The highest BCUT2D eigenvalue weighted by molar-refractivity contribution is 6.75. The number of hydrogen-bond donors (Lipinski definition) is 4. The Morgan fingerprint density at radius 2 is 1.03 bits per heavy atom. The number of carbonyl (C=O) groups is 1. The predicted molar refractivity (Wildman–Crippen MR) is 281 cm³/mol. The van der Waals surface area contributed by atoms with Crippen molar-refractivity contribution in [2.24, 2.45) is 5.92 Å². The minimum Gasteiger partial charge on any atom is -0.437 e. The Morgan fingerprint density at radius 1 is 0.672 bits per heavy atom. The van der Waals surface area contributed by atoms with Crippen LogP contribution < -0.4 is 5.73 Å². The van der Waals surface area contributed by atoms with Crippen molar-refractivity contribution in [2.45, 2.75) is 169 Å². The molecule has 2 aromatic heterocycles. The Morgan fingerprint density at radius 3 is 1.40 bits per heavy atom. The van der Waals surface area contributed by atoms with Crippen LogP contribution >= 0.6 is 0 Å². The van der Waals surface area contributed by atoms with Crippen LogP contribution in [0.2, 0.25) is 74.9 Å². The van der Waals surface area contributed by atoms with Gasteiger partial charge >= 0.3 is 21.2 Å². The Bertz CT molecular complexity index is 1960. The molecule has 0 spiro atoms. The van der Waals surface area contributed by atoms with Crippen molar-refractivity contribution < 1.29 is 38.1 Å². The van der Waals surface area contributed by atoms with E-state index in [2.05, 4.69) is 112 Å². The Labute approximate surface area is 407 Å². The summed E-state index contributed by atoms with van der Waals surface area (Å²) < 4.78 is 18.9. The molecule has 3 atom stereocenters. The fourth-order valence-corrected chi connectivity index (χ4v) is 10.4. The average Bonchev–Trinajstić information content (AvgIpc) is 3.20. The predicted octanol–water partition coefficient (Wildman–Crippen LogP) is 7.73. The topological polar surface area (TPSA) is 210 Å². The van der Waals surface area contributed by atoms with E-state index in [0.29, 0.717) is 64.7 Å². The Kier molecular flexibility index (Phi) is 20.5. The first-order chi connectivity index (χ1) is 30.5. The zero-order valence-corrected chi connectivity index (χ0v) is 47.4. The van der Waals surface area contributed by atoms with E-state index in [0.717, 1.165) is 29.1 Å². The molecule has 5 N–H and O–H groups in total. The normalized spacial score (nSPS) is 20.1. The number of nitrogens with two attached hydrogens (primary N) is 1. The van der Waals surface area contributed by atoms with Crippen molar-refractivity contribution in [1.82, 2.24) is 24.4 Å². The lowest BCUT2D eigenvalue weighted by molar-refractivity contribution is -0.385. The highest BCUT2D eigenvalue weighted by atomic mass is 28.4. The number of Topliss-reactive ketones (excluding diaryl/α,β-unsaturated/α-hetero) is 1. The molecule has 0 radical (unpaired) electrons. The number of nitro groups is 1. The molecule has 0 bridgehead atoms. The van der Waals surface area contributed by atoms with Gasteiger partial charge < -0.3 is 48.5 Å². The number of piperidine rings is 1. The zero-order valence-electron chi connectivity index (χ0n) is 44.4. The summed E-state index contributed by atoms with van der Waals surface area (Å²) in [5.41, 5.74) is 10.3. The molecule has 5 rings (SSSR count). The fraction of sp³-hybridized carbons (Fsp3) is 0.756. The lowest BCUT2D eigenvalue weighted by atomic mass is 9.80. The summed E-state index contributed by atoms with van der Waals surface area (Å²) in [7, 11) is -7.10. The average molecular weight is 986 g/mol. The molecule has 0 aliphatic carbocycles. The third-order valence-corrected chi connectivity index (χ3v) is 28.6. The Balaban J connectivity index is 0.000000269. The summed E-state index contributed by atoms with van der Waals surface area (Å²) in [6.45, 7) is 44.0. The van der Waals surface area contributed by atoms with Crippen LogP contribution in [0.3, 0.4) is 0 Å². The fourth-order valence-electron chi connectivity index (χ4n) is 7.27. The van der Waals surface area contributed by atoms with Gasteiger partial charge in [0, 0.05) is 76.9 Å². The first-order valence-electron chi connectivity index (χ1n) is 24.1. The number of aromatic nitrogens is 2. The molecule has 1 fully saturated rings. The van der Waals surface area contributed by atoms with Crippen LogP contribution in [0.1, 0.15) is 103 Å². The van der Waals surface area contributed by atoms with Crippen molar-refractivity contribution >= 4 is 63.3 Å². The number of pyridine rings is 2. The van der Waals surface area contributed by atoms with E-state index in [4.69, 9.17) is 19.0 Å². The van der Waals surface area contributed by atoms with Crippen LogP contribution in [-0.4, -0.2) is 142 Å². The maximum Gasteiger partial charge on any atom is 0.376 e. The molecule has 0 saturated carbocycles. The van der Waals surface area contributed by atoms with Crippen LogP contribution in [-0.2, 0) is 31.2 Å². The van der Waals surface area contributed by atoms with Gasteiger partial charge in [0.15, 0.2) is 25.0 Å². The van der Waals surface area contributed by atoms with Gasteiger partial charge in [0.2, 0.25) is 0 Å².